The number of rotatable bonds is 3. The molecule has 0 heterocycles. The van der Waals surface area contributed by atoms with E-state index in [-0.39, 0.29) is 17.9 Å². The van der Waals surface area contributed by atoms with Gasteiger partial charge >= 0.3 is 0 Å². The molecule has 1 aromatic rings. The lowest BCUT2D eigenvalue weighted by molar-refractivity contribution is -0.135. The highest BCUT2D eigenvalue weighted by molar-refractivity contribution is 5.78. The molecule has 1 atom stereocenters. The van der Waals surface area contributed by atoms with Gasteiger partial charge in [0.15, 0.2) is 0 Å². The van der Waals surface area contributed by atoms with Crippen LogP contribution in [0.4, 0.5) is 0 Å². The lowest BCUT2D eigenvalue weighted by atomic mass is 9.86. The minimum absolute atomic E-state index is 0.0426. The molecule has 19 heavy (non-hydrogen) atoms. The Balaban J connectivity index is 2.35. The van der Waals surface area contributed by atoms with Crippen molar-refractivity contribution in [2.24, 2.45) is 5.92 Å². The molecular formula is C16H23NO2. The maximum absolute atomic E-state index is 12.2. The maximum atomic E-state index is 12.2. The zero-order chi connectivity index (χ0) is 14.0. The number of hydrogen-bond acceptors (Lipinski definition) is 2. The Kier molecular flexibility index (Phi) is 4.13. The van der Waals surface area contributed by atoms with Crippen molar-refractivity contribution in [1.82, 2.24) is 4.90 Å². The summed E-state index contributed by atoms with van der Waals surface area (Å²) in [5.41, 5.74) is 2.52. The first-order valence-electron chi connectivity index (χ1n) is 6.98. The third kappa shape index (κ3) is 2.60. The monoisotopic (exact) mass is 261 g/mol. The Morgan fingerprint density at radius 1 is 1.42 bits per heavy atom. The first kappa shape index (κ1) is 13.9. The number of carbonyl (C=O) groups excluding carboxylic acids is 1. The van der Waals surface area contributed by atoms with Crippen LogP contribution in [0.15, 0.2) is 18.2 Å². The van der Waals surface area contributed by atoms with Crippen LogP contribution in [0.3, 0.4) is 0 Å². The van der Waals surface area contributed by atoms with Crippen LogP contribution in [0, 0.1) is 5.92 Å². The van der Waals surface area contributed by atoms with Crippen molar-refractivity contribution in [1.29, 1.82) is 0 Å². The molecule has 104 valence electrons. The Hall–Kier alpha value is -1.51. The van der Waals surface area contributed by atoms with Gasteiger partial charge in [0.05, 0.1) is 13.2 Å². The number of methoxy groups -OCH3 is 1. The van der Waals surface area contributed by atoms with Crippen LogP contribution in [0.1, 0.15) is 43.9 Å². The summed E-state index contributed by atoms with van der Waals surface area (Å²) in [5.74, 6) is 1.20. The second-order valence-electron chi connectivity index (χ2n) is 5.54. The number of ether oxygens (including phenoxy) is 1. The van der Waals surface area contributed by atoms with E-state index in [0.717, 1.165) is 25.0 Å². The van der Waals surface area contributed by atoms with Gasteiger partial charge in [-0.1, -0.05) is 26.0 Å². The molecule has 2 rings (SSSR count). The van der Waals surface area contributed by atoms with Gasteiger partial charge < -0.3 is 9.64 Å². The third-order valence-corrected chi connectivity index (χ3v) is 3.96. The molecule has 0 N–H and O–H groups in total. The largest absolute Gasteiger partial charge is 0.496 e. The number of hydrogen-bond donors (Lipinski definition) is 0. The maximum Gasteiger partial charge on any atom is 0.225 e. The van der Waals surface area contributed by atoms with E-state index >= 15 is 0 Å². The molecule has 1 aliphatic rings. The summed E-state index contributed by atoms with van der Waals surface area (Å²) in [5, 5.41) is 0. The van der Waals surface area contributed by atoms with Gasteiger partial charge in [-0.3, -0.25) is 4.79 Å². The molecule has 1 amide bonds. The standard InChI is InChI=1S/C16H23NO2/c1-11(2)16(18)17(3)14-9-5-8-13-12(14)7-6-10-15(13)19-4/h6-7,10-11,14H,5,8-9H2,1-4H3/t14-/m1/s1. The molecule has 0 fully saturated rings. The number of benzene rings is 1. The fraction of sp³-hybridized carbons (Fsp3) is 0.562. The average molecular weight is 261 g/mol. The summed E-state index contributed by atoms with van der Waals surface area (Å²) in [6.07, 6.45) is 3.18. The van der Waals surface area contributed by atoms with Gasteiger partial charge in [-0.05, 0) is 36.5 Å². The van der Waals surface area contributed by atoms with E-state index in [1.165, 1.54) is 11.1 Å². The van der Waals surface area contributed by atoms with Crippen LogP contribution in [-0.4, -0.2) is 25.0 Å². The second kappa shape index (κ2) is 5.64. The first-order valence-corrected chi connectivity index (χ1v) is 6.98. The van der Waals surface area contributed by atoms with Gasteiger partial charge in [-0.15, -0.1) is 0 Å². The summed E-state index contributed by atoms with van der Waals surface area (Å²) in [4.78, 5) is 14.1. The van der Waals surface area contributed by atoms with Crippen molar-refractivity contribution in [3.63, 3.8) is 0 Å². The quantitative estimate of drug-likeness (QED) is 0.836. The summed E-state index contributed by atoms with van der Waals surface area (Å²) in [6, 6.07) is 6.34. The SMILES string of the molecule is COc1cccc2c1CCC[C@H]2N(C)C(=O)C(C)C. The Labute approximate surface area is 115 Å². The Morgan fingerprint density at radius 2 is 2.16 bits per heavy atom. The molecule has 0 radical (unpaired) electrons. The molecule has 0 aromatic heterocycles. The van der Waals surface area contributed by atoms with Crippen molar-refractivity contribution in [3.8, 4) is 5.75 Å². The molecule has 0 saturated heterocycles. The van der Waals surface area contributed by atoms with Crippen molar-refractivity contribution in [3.05, 3.63) is 29.3 Å². The van der Waals surface area contributed by atoms with Crippen LogP contribution in [0.2, 0.25) is 0 Å². The van der Waals surface area contributed by atoms with Crippen LogP contribution in [0.5, 0.6) is 5.75 Å². The van der Waals surface area contributed by atoms with E-state index in [1.54, 1.807) is 7.11 Å². The molecule has 3 heteroatoms. The van der Waals surface area contributed by atoms with Gasteiger partial charge in [-0.2, -0.15) is 0 Å². The lowest BCUT2D eigenvalue weighted by Gasteiger charge is -2.34. The Bertz CT molecular complexity index is 468. The normalized spacial score (nSPS) is 18.1. The fourth-order valence-corrected chi connectivity index (χ4v) is 2.94. The van der Waals surface area contributed by atoms with Crippen molar-refractivity contribution >= 4 is 5.91 Å². The van der Waals surface area contributed by atoms with Crippen molar-refractivity contribution in [2.45, 2.75) is 39.2 Å². The first-order chi connectivity index (χ1) is 9.06. The molecule has 0 spiro atoms. The predicted molar refractivity (Wildman–Crippen MR) is 76.3 cm³/mol. The zero-order valence-corrected chi connectivity index (χ0v) is 12.3. The minimum Gasteiger partial charge on any atom is -0.496 e. The molecule has 0 aliphatic heterocycles. The Morgan fingerprint density at radius 3 is 2.79 bits per heavy atom. The van der Waals surface area contributed by atoms with Crippen LogP contribution in [0.25, 0.3) is 0 Å². The second-order valence-corrected chi connectivity index (χ2v) is 5.54. The minimum atomic E-state index is 0.0426. The smallest absolute Gasteiger partial charge is 0.225 e. The van der Waals surface area contributed by atoms with Gasteiger partial charge in [0.1, 0.15) is 5.75 Å². The summed E-state index contributed by atoms with van der Waals surface area (Å²) in [7, 11) is 3.63. The highest BCUT2D eigenvalue weighted by Crippen LogP contribution is 2.38. The number of carbonyl (C=O) groups is 1. The van der Waals surface area contributed by atoms with E-state index in [2.05, 4.69) is 6.07 Å². The highest BCUT2D eigenvalue weighted by Gasteiger charge is 2.29. The number of amides is 1. The third-order valence-electron chi connectivity index (χ3n) is 3.96. The van der Waals surface area contributed by atoms with Gasteiger partial charge in [0.25, 0.3) is 0 Å². The van der Waals surface area contributed by atoms with E-state index in [1.807, 2.05) is 37.9 Å². The zero-order valence-electron chi connectivity index (χ0n) is 12.3. The molecule has 3 nitrogen and oxygen atoms in total. The van der Waals surface area contributed by atoms with Crippen LogP contribution in [-0.2, 0) is 11.2 Å². The van der Waals surface area contributed by atoms with Crippen molar-refractivity contribution in [2.75, 3.05) is 14.2 Å². The van der Waals surface area contributed by atoms with E-state index < -0.39 is 0 Å². The van der Waals surface area contributed by atoms with E-state index in [4.69, 9.17) is 4.74 Å². The fourth-order valence-electron chi connectivity index (χ4n) is 2.94. The lowest BCUT2D eigenvalue weighted by Crippen LogP contribution is -2.36. The van der Waals surface area contributed by atoms with E-state index in [0.29, 0.717) is 0 Å². The average Bonchev–Trinajstić information content (AvgIpc) is 2.44. The molecule has 1 aromatic carbocycles. The summed E-state index contributed by atoms with van der Waals surface area (Å²) in [6.45, 7) is 3.91. The molecule has 0 bridgehead atoms. The van der Waals surface area contributed by atoms with Gasteiger partial charge in [0.2, 0.25) is 5.91 Å². The topological polar surface area (TPSA) is 29.5 Å². The molecule has 0 saturated carbocycles. The molecule has 0 unspecified atom stereocenters. The highest BCUT2D eigenvalue weighted by atomic mass is 16.5. The molecule has 1 aliphatic carbocycles. The van der Waals surface area contributed by atoms with E-state index in [9.17, 15) is 4.79 Å². The van der Waals surface area contributed by atoms with Crippen LogP contribution >= 0.6 is 0 Å². The number of fused-ring (bicyclic) bond motifs is 1. The summed E-state index contributed by atoms with van der Waals surface area (Å²) < 4.78 is 5.45. The molecular weight excluding hydrogens is 238 g/mol. The van der Waals surface area contributed by atoms with Gasteiger partial charge in [0, 0.05) is 13.0 Å². The predicted octanol–water partition coefficient (Wildman–Crippen LogP) is 3.19. The summed E-state index contributed by atoms with van der Waals surface area (Å²) >= 11 is 0. The van der Waals surface area contributed by atoms with Gasteiger partial charge in [-0.25, -0.2) is 0 Å². The number of nitrogens with zero attached hydrogens (tertiary/aromatic N) is 1. The van der Waals surface area contributed by atoms with Crippen molar-refractivity contribution < 1.29 is 9.53 Å². The van der Waals surface area contributed by atoms with Crippen LogP contribution < -0.4 is 4.74 Å².